The standard InChI is InChI=1S/C19H15N3O6S/c1-26-14-8-4-5-11-10-15(27-16(11)14)17(23)20-19-22-21-18(28-19)12-6-3-7-13(9-12)29(2,24)25/h3-10H,1-2H3,(H,20,22,23). The van der Waals surface area contributed by atoms with Gasteiger partial charge in [0.2, 0.25) is 5.89 Å². The summed E-state index contributed by atoms with van der Waals surface area (Å²) in [5.74, 6) is 0.0381. The number of anilines is 1. The lowest BCUT2D eigenvalue weighted by Gasteiger charge is -2.00. The van der Waals surface area contributed by atoms with Crippen molar-refractivity contribution in [2.24, 2.45) is 0 Å². The lowest BCUT2D eigenvalue weighted by atomic mass is 10.2. The molecule has 0 atom stereocenters. The van der Waals surface area contributed by atoms with E-state index >= 15 is 0 Å². The molecular weight excluding hydrogens is 398 g/mol. The Morgan fingerprint density at radius 2 is 1.86 bits per heavy atom. The molecule has 2 aromatic heterocycles. The summed E-state index contributed by atoms with van der Waals surface area (Å²) in [7, 11) is -1.87. The minimum atomic E-state index is -3.38. The quantitative estimate of drug-likeness (QED) is 0.529. The van der Waals surface area contributed by atoms with Crippen LogP contribution in [0.25, 0.3) is 22.4 Å². The number of amides is 1. The fourth-order valence-electron chi connectivity index (χ4n) is 2.72. The first-order valence-corrected chi connectivity index (χ1v) is 10.3. The molecular formula is C19H15N3O6S. The van der Waals surface area contributed by atoms with Crippen LogP contribution in [0.15, 0.2) is 62.3 Å². The van der Waals surface area contributed by atoms with Crippen molar-refractivity contribution in [2.75, 3.05) is 18.7 Å². The third kappa shape index (κ3) is 3.69. The zero-order valence-electron chi connectivity index (χ0n) is 15.4. The van der Waals surface area contributed by atoms with E-state index in [0.717, 1.165) is 6.26 Å². The second-order valence-electron chi connectivity index (χ2n) is 6.16. The molecule has 0 spiro atoms. The number of nitrogens with zero attached hydrogens (tertiary/aromatic N) is 2. The van der Waals surface area contributed by atoms with E-state index in [4.69, 9.17) is 13.6 Å². The zero-order valence-corrected chi connectivity index (χ0v) is 16.2. The highest BCUT2D eigenvalue weighted by molar-refractivity contribution is 7.90. The molecule has 0 aliphatic rings. The number of para-hydroxylation sites is 1. The van der Waals surface area contributed by atoms with Crippen molar-refractivity contribution in [1.29, 1.82) is 0 Å². The molecule has 0 unspecified atom stereocenters. The van der Waals surface area contributed by atoms with E-state index in [1.165, 1.54) is 19.2 Å². The van der Waals surface area contributed by atoms with Gasteiger partial charge in [-0.3, -0.25) is 10.1 Å². The number of carbonyl (C=O) groups is 1. The minimum absolute atomic E-state index is 0.0447. The van der Waals surface area contributed by atoms with E-state index in [0.29, 0.717) is 22.3 Å². The predicted octanol–water partition coefficient (Wildman–Crippen LogP) is 3.15. The summed E-state index contributed by atoms with van der Waals surface area (Å²) in [4.78, 5) is 12.6. The molecule has 29 heavy (non-hydrogen) atoms. The van der Waals surface area contributed by atoms with Gasteiger partial charge in [-0.2, -0.15) is 0 Å². The molecule has 1 amide bonds. The molecule has 148 valence electrons. The zero-order chi connectivity index (χ0) is 20.6. The smallest absolute Gasteiger partial charge is 0.322 e. The molecule has 0 saturated carbocycles. The van der Waals surface area contributed by atoms with Gasteiger partial charge in [0, 0.05) is 17.2 Å². The maximum absolute atomic E-state index is 12.5. The Kier molecular flexibility index (Phi) is 4.55. The topological polar surface area (TPSA) is 125 Å². The number of aromatic nitrogens is 2. The second-order valence-corrected chi connectivity index (χ2v) is 8.17. The monoisotopic (exact) mass is 413 g/mol. The third-order valence-corrected chi connectivity index (χ3v) is 5.22. The second kappa shape index (κ2) is 7.06. The van der Waals surface area contributed by atoms with E-state index in [9.17, 15) is 13.2 Å². The first kappa shape index (κ1) is 18.7. The molecule has 0 radical (unpaired) electrons. The van der Waals surface area contributed by atoms with Crippen molar-refractivity contribution < 1.29 is 26.8 Å². The predicted molar refractivity (Wildman–Crippen MR) is 104 cm³/mol. The maximum atomic E-state index is 12.5. The summed E-state index contributed by atoms with van der Waals surface area (Å²) in [6, 6.07) is 12.8. The average molecular weight is 413 g/mol. The van der Waals surface area contributed by atoms with Crippen LogP contribution in [0.1, 0.15) is 10.6 Å². The lowest BCUT2D eigenvalue weighted by molar-refractivity contribution is 0.0995. The highest BCUT2D eigenvalue weighted by Gasteiger charge is 2.18. The fraction of sp³-hybridized carbons (Fsp3) is 0.105. The Morgan fingerprint density at radius 3 is 2.62 bits per heavy atom. The Balaban J connectivity index is 1.57. The van der Waals surface area contributed by atoms with Gasteiger partial charge in [0.1, 0.15) is 0 Å². The summed E-state index contributed by atoms with van der Waals surface area (Å²) >= 11 is 0. The van der Waals surface area contributed by atoms with Crippen molar-refractivity contribution in [3.05, 3.63) is 54.3 Å². The Labute approximate surface area is 165 Å². The molecule has 0 aliphatic heterocycles. The van der Waals surface area contributed by atoms with Gasteiger partial charge in [-0.25, -0.2) is 8.42 Å². The lowest BCUT2D eigenvalue weighted by Crippen LogP contribution is -2.10. The molecule has 10 heteroatoms. The molecule has 2 heterocycles. The number of fused-ring (bicyclic) bond motifs is 1. The summed E-state index contributed by atoms with van der Waals surface area (Å²) in [5.41, 5.74) is 0.860. The molecule has 4 aromatic rings. The van der Waals surface area contributed by atoms with E-state index in [2.05, 4.69) is 15.5 Å². The number of carbonyl (C=O) groups excluding carboxylic acids is 1. The van der Waals surface area contributed by atoms with Crippen LogP contribution in [0.3, 0.4) is 0 Å². The molecule has 0 saturated heterocycles. The number of ether oxygens (including phenoxy) is 1. The van der Waals surface area contributed by atoms with Crippen molar-refractivity contribution >= 4 is 32.7 Å². The van der Waals surface area contributed by atoms with Gasteiger partial charge in [-0.05, 0) is 30.3 Å². The third-order valence-electron chi connectivity index (χ3n) is 4.11. The van der Waals surface area contributed by atoms with Crippen LogP contribution in [-0.2, 0) is 9.84 Å². The summed E-state index contributed by atoms with van der Waals surface area (Å²) in [5, 5.41) is 10.8. The summed E-state index contributed by atoms with van der Waals surface area (Å²) in [6.45, 7) is 0. The normalized spacial score (nSPS) is 11.5. The van der Waals surface area contributed by atoms with Crippen molar-refractivity contribution in [3.8, 4) is 17.2 Å². The van der Waals surface area contributed by atoms with Crippen LogP contribution >= 0.6 is 0 Å². The maximum Gasteiger partial charge on any atom is 0.322 e. The molecule has 0 bridgehead atoms. The van der Waals surface area contributed by atoms with Crippen LogP contribution in [-0.4, -0.2) is 37.9 Å². The van der Waals surface area contributed by atoms with E-state index in [-0.39, 0.29) is 22.6 Å². The number of rotatable bonds is 5. The summed E-state index contributed by atoms with van der Waals surface area (Å²) in [6.07, 6.45) is 1.11. The number of sulfone groups is 1. The van der Waals surface area contributed by atoms with Crippen LogP contribution in [0.4, 0.5) is 6.01 Å². The molecule has 0 fully saturated rings. The molecule has 9 nitrogen and oxygen atoms in total. The van der Waals surface area contributed by atoms with Gasteiger partial charge in [-0.1, -0.05) is 23.3 Å². The highest BCUT2D eigenvalue weighted by Crippen LogP contribution is 2.29. The van der Waals surface area contributed by atoms with Gasteiger partial charge < -0.3 is 13.6 Å². The number of hydrogen-bond donors (Lipinski definition) is 1. The number of furan rings is 1. The number of benzene rings is 2. The molecule has 4 rings (SSSR count). The van der Waals surface area contributed by atoms with Gasteiger partial charge in [0.25, 0.3) is 5.91 Å². The van der Waals surface area contributed by atoms with Crippen molar-refractivity contribution in [1.82, 2.24) is 10.2 Å². The van der Waals surface area contributed by atoms with E-state index in [1.54, 1.807) is 36.4 Å². The fourth-order valence-corrected chi connectivity index (χ4v) is 3.38. The largest absolute Gasteiger partial charge is 0.493 e. The number of nitrogens with one attached hydrogen (secondary N) is 1. The summed E-state index contributed by atoms with van der Waals surface area (Å²) < 4.78 is 39.6. The molecule has 2 aromatic carbocycles. The number of hydrogen-bond acceptors (Lipinski definition) is 8. The Hall–Kier alpha value is -3.66. The van der Waals surface area contributed by atoms with Gasteiger partial charge in [-0.15, -0.1) is 5.10 Å². The van der Waals surface area contributed by atoms with E-state index in [1.807, 2.05) is 0 Å². The van der Waals surface area contributed by atoms with Crippen LogP contribution in [0.2, 0.25) is 0 Å². The number of methoxy groups -OCH3 is 1. The van der Waals surface area contributed by atoms with Gasteiger partial charge in [0.15, 0.2) is 26.9 Å². The average Bonchev–Trinajstić information content (AvgIpc) is 3.34. The minimum Gasteiger partial charge on any atom is -0.493 e. The molecule has 0 aliphatic carbocycles. The van der Waals surface area contributed by atoms with Crippen molar-refractivity contribution in [2.45, 2.75) is 4.90 Å². The van der Waals surface area contributed by atoms with Gasteiger partial charge in [0.05, 0.1) is 12.0 Å². The van der Waals surface area contributed by atoms with Crippen LogP contribution in [0, 0.1) is 0 Å². The Bertz CT molecular complexity index is 1320. The first-order chi connectivity index (χ1) is 13.8. The SMILES string of the molecule is COc1cccc2cc(C(=O)Nc3nnc(-c4cccc(S(C)(=O)=O)c4)o3)oc12. The van der Waals surface area contributed by atoms with Crippen LogP contribution in [0.5, 0.6) is 5.75 Å². The molecule has 1 N–H and O–H groups in total. The van der Waals surface area contributed by atoms with E-state index < -0.39 is 15.7 Å². The first-order valence-electron chi connectivity index (χ1n) is 8.37. The van der Waals surface area contributed by atoms with Gasteiger partial charge >= 0.3 is 6.01 Å². The Morgan fingerprint density at radius 1 is 1.07 bits per heavy atom. The van der Waals surface area contributed by atoms with Crippen molar-refractivity contribution in [3.63, 3.8) is 0 Å². The van der Waals surface area contributed by atoms with Crippen LogP contribution < -0.4 is 10.1 Å². The highest BCUT2D eigenvalue weighted by atomic mass is 32.2.